The summed E-state index contributed by atoms with van der Waals surface area (Å²) in [6.45, 7) is 5.31. The topological polar surface area (TPSA) is 37.3 Å². The van der Waals surface area contributed by atoms with Gasteiger partial charge in [0.05, 0.1) is 0 Å². The molecule has 67 valence electrons. The van der Waals surface area contributed by atoms with Gasteiger partial charge in [-0.2, -0.15) is 0 Å². The molecule has 0 aliphatic rings. The first-order valence-electron chi connectivity index (χ1n) is 3.93. The Balaban J connectivity index is 2.92. The molecule has 1 radical (unpaired) electrons. The molecule has 2 heteroatoms. The highest BCUT2D eigenvalue weighted by atomic mass is 16.4. The smallest absolute Gasteiger partial charge is 0.331 e. The second kappa shape index (κ2) is 3.90. The Labute approximate surface area is 77.5 Å². The molecule has 0 heterocycles. The fourth-order valence-corrected chi connectivity index (χ4v) is 0.926. The van der Waals surface area contributed by atoms with Gasteiger partial charge in [-0.05, 0) is 31.1 Å². The van der Waals surface area contributed by atoms with E-state index < -0.39 is 5.97 Å². The molecule has 0 bridgehead atoms. The number of hydrogen-bond donors (Lipinski definition) is 1. The Bertz CT molecular complexity index is 334. The van der Waals surface area contributed by atoms with E-state index in [1.54, 1.807) is 13.0 Å². The zero-order chi connectivity index (χ0) is 9.84. The van der Waals surface area contributed by atoms with Crippen LogP contribution in [0.4, 0.5) is 0 Å². The zero-order valence-corrected chi connectivity index (χ0v) is 7.45. The Kier molecular flexibility index (Phi) is 2.85. The molecule has 13 heavy (non-hydrogen) atoms. The maximum absolute atomic E-state index is 10.5. The van der Waals surface area contributed by atoms with E-state index in [-0.39, 0.29) is 0 Å². The highest BCUT2D eigenvalue weighted by Crippen LogP contribution is 2.08. The molecule has 1 N–H and O–H groups in total. The third-order valence-corrected chi connectivity index (χ3v) is 1.70. The lowest BCUT2D eigenvalue weighted by Crippen LogP contribution is -1.95. The van der Waals surface area contributed by atoms with Crippen molar-refractivity contribution in [2.75, 3.05) is 0 Å². The fourth-order valence-electron chi connectivity index (χ4n) is 0.926. The van der Waals surface area contributed by atoms with E-state index in [9.17, 15) is 4.79 Å². The molecule has 1 rings (SSSR count). The molecule has 0 fully saturated rings. The van der Waals surface area contributed by atoms with Crippen molar-refractivity contribution in [2.24, 2.45) is 0 Å². The zero-order valence-electron chi connectivity index (χ0n) is 7.45. The summed E-state index contributed by atoms with van der Waals surface area (Å²) in [6.07, 6.45) is 1.63. The van der Waals surface area contributed by atoms with Gasteiger partial charge in [0.2, 0.25) is 0 Å². The highest BCUT2D eigenvalue weighted by Gasteiger charge is 1.98. The van der Waals surface area contributed by atoms with Crippen LogP contribution in [0.5, 0.6) is 0 Å². The van der Waals surface area contributed by atoms with Gasteiger partial charge in [-0.1, -0.05) is 24.3 Å². The number of carboxylic acid groups (broad SMARTS) is 1. The van der Waals surface area contributed by atoms with Crippen molar-refractivity contribution < 1.29 is 9.90 Å². The molecule has 0 amide bonds. The Morgan fingerprint density at radius 3 is 2.38 bits per heavy atom. The van der Waals surface area contributed by atoms with E-state index in [1.165, 1.54) is 0 Å². The minimum absolute atomic E-state index is 0.330. The second-order valence-electron chi connectivity index (χ2n) is 2.87. The van der Waals surface area contributed by atoms with E-state index in [4.69, 9.17) is 5.11 Å². The first-order valence-corrected chi connectivity index (χ1v) is 3.93. The van der Waals surface area contributed by atoms with Gasteiger partial charge < -0.3 is 5.11 Å². The molecular weight excluding hydrogens is 164 g/mol. The monoisotopic (exact) mass is 175 g/mol. The van der Waals surface area contributed by atoms with Crippen LogP contribution in [0.1, 0.15) is 18.1 Å². The van der Waals surface area contributed by atoms with Crippen LogP contribution in [0, 0.1) is 6.92 Å². The van der Waals surface area contributed by atoms with Crippen LogP contribution in [0.25, 0.3) is 6.08 Å². The standard InChI is InChI=1S/C11H11O2/c1-8-3-5-10(6-4-8)7-9(2)11(12)13/h3-7H,1H2,2H3,(H,12,13). The van der Waals surface area contributed by atoms with Crippen molar-refractivity contribution in [1.82, 2.24) is 0 Å². The van der Waals surface area contributed by atoms with Gasteiger partial charge in [0.1, 0.15) is 0 Å². The molecule has 0 spiro atoms. The van der Waals surface area contributed by atoms with Crippen LogP contribution < -0.4 is 0 Å². The molecular formula is C11H11O2. The molecule has 0 atom stereocenters. The van der Waals surface area contributed by atoms with Crippen molar-refractivity contribution in [1.29, 1.82) is 0 Å². The summed E-state index contributed by atoms with van der Waals surface area (Å²) >= 11 is 0. The van der Waals surface area contributed by atoms with Gasteiger partial charge >= 0.3 is 5.97 Å². The predicted molar refractivity (Wildman–Crippen MR) is 52.2 cm³/mol. The summed E-state index contributed by atoms with van der Waals surface area (Å²) in [4.78, 5) is 10.5. The summed E-state index contributed by atoms with van der Waals surface area (Å²) in [7, 11) is 0. The van der Waals surface area contributed by atoms with E-state index in [1.807, 2.05) is 24.3 Å². The lowest BCUT2D eigenvalue weighted by Gasteiger charge is -1.96. The van der Waals surface area contributed by atoms with E-state index >= 15 is 0 Å². The Morgan fingerprint density at radius 1 is 1.38 bits per heavy atom. The SMILES string of the molecule is [CH2]c1ccc(C=C(C)C(=O)O)cc1. The van der Waals surface area contributed by atoms with Crippen LogP contribution in [0.3, 0.4) is 0 Å². The molecule has 0 saturated heterocycles. The van der Waals surface area contributed by atoms with Crippen molar-refractivity contribution in [3.05, 3.63) is 47.9 Å². The Morgan fingerprint density at radius 2 is 1.92 bits per heavy atom. The van der Waals surface area contributed by atoms with Crippen LogP contribution in [0.15, 0.2) is 29.8 Å². The minimum atomic E-state index is -0.890. The maximum Gasteiger partial charge on any atom is 0.331 e. The quantitative estimate of drug-likeness (QED) is 0.700. The molecule has 0 aliphatic carbocycles. The molecule has 1 aromatic carbocycles. The van der Waals surface area contributed by atoms with Gasteiger partial charge in [0.15, 0.2) is 0 Å². The van der Waals surface area contributed by atoms with Gasteiger partial charge in [0.25, 0.3) is 0 Å². The summed E-state index contributed by atoms with van der Waals surface area (Å²) in [5.41, 5.74) is 2.13. The predicted octanol–water partition coefficient (Wildman–Crippen LogP) is 2.36. The van der Waals surface area contributed by atoms with Crippen LogP contribution in [0.2, 0.25) is 0 Å². The molecule has 0 aliphatic heterocycles. The number of carbonyl (C=O) groups is 1. The van der Waals surface area contributed by atoms with E-state index in [0.29, 0.717) is 5.57 Å². The third kappa shape index (κ3) is 2.75. The molecule has 1 aromatic rings. The van der Waals surface area contributed by atoms with E-state index in [0.717, 1.165) is 11.1 Å². The minimum Gasteiger partial charge on any atom is -0.478 e. The molecule has 2 nitrogen and oxygen atoms in total. The first-order chi connectivity index (χ1) is 6.09. The van der Waals surface area contributed by atoms with Crippen molar-refractivity contribution in [3.63, 3.8) is 0 Å². The number of hydrogen-bond acceptors (Lipinski definition) is 1. The van der Waals surface area contributed by atoms with Crippen molar-refractivity contribution in [2.45, 2.75) is 6.92 Å². The van der Waals surface area contributed by atoms with E-state index in [2.05, 4.69) is 6.92 Å². The number of aliphatic carboxylic acids is 1. The Hall–Kier alpha value is -1.57. The van der Waals surface area contributed by atoms with Crippen molar-refractivity contribution >= 4 is 12.0 Å². The van der Waals surface area contributed by atoms with Gasteiger partial charge in [-0.3, -0.25) is 0 Å². The normalized spacial score (nSPS) is 11.4. The molecule has 0 unspecified atom stereocenters. The summed E-state index contributed by atoms with van der Waals surface area (Å²) < 4.78 is 0. The molecule has 0 saturated carbocycles. The number of carboxylic acids is 1. The lowest BCUT2D eigenvalue weighted by molar-refractivity contribution is -0.132. The van der Waals surface area contributed by atoms with Crippen LogP contribution in [-0.2, 0) is 4.79 Å². The molecule has 0 aromatic heterocycles. The second-order valence-corrected chi connectivity index (χ2v) is 2.87. The number of rotatable bonds is 2. The van der Waals surface area contributed by atoms with Crippen LogP contribution >= 0.6 is 0 Å². The van der Waals surface area contributed by atoms with Gasteiger partial charge in [-0.25, -0.2) is 4.79 Å². The average Bonchev–Trinajstić information content (AvgIpc) is 2.08. The summed E-state index contributed by atoms with van der Waals surface area (Å²) in [5.74, 6) is -0.890. The number of benzene rings is 1. The summed E-state index contributed by atoms with van der Waals surface area (Å²) in [5, 5.41) is 8.62. The van der Waals surface area contributed by atoms with Crippen molar-refractivity contribution in [3.8, 4) is 0 Å². The fraction of sp³-hybridized carbons (Fsp3) is 0.0909. The average molecular weight is 175 g/mol. The third-order valence-electron chi connectivity index (χ3n) is 1.70. The largest absolute Gasteiger partial charge is 0.478 e. The highest BCUT2D eigenvalue weighted by molar-refractivity contribution is 5.91. The van der Waals surface area contributed by atoms with Crippen LogP contribution in [-0.4, -0.2) is 11.1 Å². The lowest BCUT2D eigenvalue weighted by atomic mass is 10.1. The first kappa shape index (κ1) is 9.52. The van der Waals surface area contributed by atoms with Gasteiger partial charge in [0, 0.05) is 5.57 Å². The maximum atomic E-state index is 10.5. The van der Waals surface area contributed by atoms with Gasteiger partial charge in [-0.15, -0.1) is 0 Å². The summed E-state index contributed by atoms with van der Waals surface area (Å²) in [6, 6.07) is 7.38.